The third-order valence-corrected chi connectivity index (χ3v) is 5.81. The van der Waals surface area contributed by atoms with Crippen LogP contribution in [-0.4, -0.2) is 23.5 Å². The second-order valence-electron chi connectivity index (χ2n) is 7.57. The van der Waals surface area contributed by atoms with E-state index in [4.69, 9.17) is 11.6 Å². The predicted molar refractivity (Wildman–Crippen MR) is 115 cm³/mol. The van der Waals surface area contributed by atoms with Gasteiger partial charge in [0.25, 0.3) is 5.91 Å². The molecular weight excluding hydrogens is 370 g/mol. The van der Waals surface area contributed by atoms with Crippen LogP contribution in [0.5, 0.6) is 0 Å². The van der Waals surface area contributed by atoms with E-state index < -0.39 is 0 Å². The van der Waals surface area contributed by atoms with Gasteiger partial charge in [-0.1, -0.05) is 36.6 Å². The predicted octanol–water partition coefficient (Wildman–Crippen LogP) is 4.83. The minimum Gasteiger partial charge on any atom is -0.361 e. The lowest BCUT2D eigenvalue weighted by Crippen LogP contribution is -2.26. The van der Waals surface area contributed by atoms with Crippen LogP contribution in [0.1, 0.15) is 47.2 Å². The SMILES string of the molecule is O=C(NCCc1c[nH]c2ccc(Cl)cc12)c1ccc(CNC2CCCC2)cc1. The molecule has 1 fully saturated rings. The van der Waals surface area contributed by atoms with Gasteiger partial charge in [0.05, 0.1) is 0 Å². The third kappa shape index (κ3) is 4.57. The molecule has 0 aliphatic heterocycles. The fourth-order valence-corrected chi connectivity index (χ4v) is 4.11. The van der Waals surface area contributed by atoms with Gasteiger partial charge < -0.3 is 15.6 Å². The lowest BCUT2D eigenvalue weighted by molar-refractivity contribution is 0.0954. The van der Waals surface area contributed by atoms with E-state index in [0.717, 1.165) is 34.5 Å². The Kier molecular flexibility index (Phi) is 5.98. The number of carbonyl (C=O) groups is 1. The third-order valence-electron chi connectivity index (χ3n) is 5.58. The minimum absolute atomic E-state index is 0.0341. The maximum atomic E-state index is 12.4. The lowest BCUT2D eigenvalue weighted by atomic mass is 10.1. The number of benzene rings is 2. The monoisotopic (exact) mass is 395 g/mol. The summed E-state index contributed by atoms with van der Waals surface area (Å²) in [6.45, 7) is 1.46. The topological polar surface area (TPSA) is 56.9 Å². The molecule has 3 N–H and O–H groups in total. The summed E-state index contributed by atoms with van der Waals surface area (Å²) in [4.78, 5) is 15.7. The highest BCUT2D eigenvalue weighted by Gasteiger charge is 2.14. The minimum atomic E-state index is -0.0341. The zero-order valence-electron chi connectivity index (χ0n) is 15.9. The molecule has 0 atom stereocenters. The first kappa shape index (κ1) is 19.0. The van der Waals surface area contributed by atoms with Crippen molar-refractivity contribution in [1.82, 2.24) is 15.6 Å². The molecule has 4 rings (SSSR count). The number of fused-ring (bicyclic) bond motifs is 1. The Balaban J connectivity index is 1.27. The average Bonchev–Trinajstić information content (AvgIpc) is 3.37. The quantitative estimate of drug-likeness (QED) is 0.536. The Bertz CT molecular complexity index is 942. The molecular formula is C23H26ClN3O. The van der Waals surface area contributed by atoms with Gasteiger partial charge >= 0.3 is 0 Å². The van der Waals surface area contributed by atoms with Gasteiger partial charge in [-0.2, -0.15) is 0 Å². The fraction of sp³-hybridized carbons (Fsp3) is 0.348. The average molecular weight is 396 g/mol. The number of hydrogen-bond acceptors (Lipinski definition) is 2. The summed E-state index contributed by atoms with van der Waals surface area (Å²) < 4.78 is 0. The number of rotatable bonds is 7. The molecule has 0 saturated heterocycles. The van der Waals surface area contributed by atoms with Crippen molar-refractivity contribution in [3.05, 3.63) is 70.4 Å². The van der Waals surface area contributed by atoms with Crippen LogP contribution in [-0.2, 0) is 13.0 Å². The van der Waals surface area contributed by atoms with Gasteiger partial charge in [-0.3, -0.25) is 4.79 Å². The Morgan fingerprint density at radius 1 is 1.11 bits per heavy atom. The number of aromatic amines is 1. The van der Waals surface area contributed by atoms with E-state index in [9.17, 15) is 4.79 Å². The van der Waals surface area contributed by atoms with Gasteiger partial charge in [-0.15, -0.1) is 0 Å². The van der Waals surface area contributed by atoms with E-state index in [1.54, 1.807) is 0 Å². The maximum absolute atomic E-state index is 12.4. The Labute approximate surface area is 170 Å². The second kappa shape index (κ2) is 8.80. The molecule has 1 heterocycles. The first-order valence-electron chi connectivity index (χ1n) is 10.0. The molecule has 2 aromatic carbocycles. The van der Waals surface area contributed by atoms with Crippen molar-refractivity contribution in [2.45, 2.75) is 44.7 Å². The highest BCUT2D eigenvalue weighted by Crippen LogP contribution is 2.22. The number of halogens is 1. The van der Waals surface area contributed by atoms with E-state index in [-0.39, 0.29) is 5.91 Å². The van der Waals surface area contributed by atoms with Gasteiger partial charge in [0.2, 0.25) is 0 Å². The molecule has 1 aliphatic carbocycles. The molecule has 0 radical (unpaired) electrons. The van der Waals surface area contributed by atoms with Gasteiger partial charge in [0.15, 0.2) is 0 Å². The van der Waals surface area contributed by atoms with Crippen molar-refractivity contribution in [3.8, 4) is 0 Å². The first-order chi connectivity index (χ1) is 13.7. The Morgan fingerprint density at radius 3 is 2.68 bits per heavy atom. The van der Waals surface area contributed by atoms with E-state index in [1.807, 2.05) is 48.7 Å². The molecule has 1 saturated carbocycles. The zero-order valence-corrected chi connectivity index (χ0v) is 16.7. The Morgan fingerprint density at radius 2 is 1.89 bits per heavy atom. The number of carbonyl (C=O) groups excluding carboxylic acids is 1. The summed E-state index contributed by atoms with van der Waals surface area (Å²) in [6.07, 6.45) is 7.98. The van der Waals surface area contributed by atoms with Crippen molar-refractivity contribution in [1.29, 1.82) is 0 Å². The number of nitrogens with one attached hydrogen (secondary N) is 3. The number of hydrogen-bond donors (Lipinski definition) is 3. The number of H-pyrrole nitrogens is 1. The second-order valence-corrected chi connectivity index (χ2v) is 8.01. The van der Waals surface area contributed by atoms with E-state index in [0.29, 0.717) is 18.2 Å². The maximum Gasteiger partial charge on any atom is 0.251 e. The van der Waals surface area contributed by atoms with Crippen LogP contribution in [0.2, 0.25) is 5.02 Å². The van der Waals surface area contributed by atoms with Crippen molar-refractivity contribution < 1.29 is 4.79 Å². The van der Waals surface area contributed by atoms with Gasteiger partial charge in [-0.05, 0) is 60.7 Å². The molecule has 0 bridgehead atoms. The first-order valence-corrected chi connectivity index (χ1v) is 10.4. The summed E-state index contributed by atoms with van der Waals surface area (Å²) in [5.74, 6) is -0.0341. The summed E-state index contributed by atoms with van der Waals surface area (Å²) in [5.41, 5.74) is 4.14. The molecule has 1 aromatic heterocycles. The van der Waals surface area contributed by atoms with Crippen LogP contribution in [0.25, 0.3) is 10.9 Å². The fourth-order valence-electron chi connectivity index (χ4n) is 3.94. The largest absolute Gasteiger partial charge is 0.361 e. The summed E-state index contributed by atoms with van der Waals surface area (Å²) >= 11 is 6.10. The summed E-state index contributed by atoms with van der Waals surface area (Å²) in [5, 5.41) is 8.45. The van der Waals surface area contributed by atoms with Crippen LogP contribution >= 0.6 is 11.6 Å². The molecule has 5 heteroatoms. The van der Waals surface area contributed by atoms with E-state index in [2.05, 4.69) is 15.6 Å². The molecule has 1 amide bonds. The van der Waals surface area contributed by atoms with Crippen LogP contribution in [0.15, 0.2) is 48.7 Å². The molecule has 3 aromatic rings. The van der Waals surface area contributed by atoms with E-state index in [1.165, 1.54) is 31.2 Å². The molecule has 0 unspecified atom stereocenters. The number of aromatic nitrogens is 1. The van der Waals surface area contributed by atoms with Crippen molar-refractivity contribution >= 4 is 28.4 Å². The zero-order chi connectivity index (χ0) is 19.3. The van der Waals surface area contributed by atoms with Crippen molar-refractivity contribution in [3.63, 3.8) is 0 Å². The van der Waals surface area contributed by atoms with Crippen LogP contribution < -0.4 is 10.6 Å². The van der Waals surface area contributed by atoms with Gasteiger partial charge in [0, 0.05) is 46.8 Å². The molecule has 28 heavy (non-hydrogen) atoms. The lowest BCUT2D eigenvalue weighted by Gasteiger charge is -2.12. The van der Waals surface area contributed by atoms with Crippen molar-refractivity contribution in [2.24, 2.45) is 0 Å². The normalized spacial score (nSPS) is 14.6. The van der Waals surface area contributed by atoms with Crippen LogP contribution in [0.3, 0.4) is 0 Å². The molecule has 0 spiro atoms. The number of amides is 1. The van der Waals surface area contributed by atoms with Crippen LogP contribution in [0.4, 0.5) is 0 Å². The van der Waals surface area contributed by atoms with E-state index >= 15 is 0 Å². The van der Waals surface area contributed by atoms with Crippen LogP contribution in [0, 0.1) is 0 Å². The Hall–Kier alpha value is -2.30. The summed E-state index contributed by atoms with van der Waals surface area (Å²) in [7, 11) is 0. The molecule has 4 nitrogen and oxygen atoms in total. The summed E-state index contributed by atoms with van der Waals surface area (Å²) in [6, 6.07) is 14.4. The van der Waals surface area contributed by atoms with Gasteiger partial charge in [0.1, 0.15) is 0 Å². The molecule has 146 valence electrons. The van der Waals surface area contributed by atoms with Crippen molar-refractivity contribution in [2.75, 3.05) is 6.54 Å². The smallest absolute Gasteiger partial charge is 0.251 e. The standard InChI is InChI=1S/C23H26ClN3O/c24-19-9-10-22-21(13-19)18(15-27-22)11-12-25-23(28)17-7-5-16(6-8-17)14-26-20-3-1-2-4-20/h5-10,13,15,20,26-27H,1-4,11-12,14H2,(H,25,28). The molecule has 1 aliphatic rings. The highest BCUT2D eigenvalue weighted by molar-refractivity contribution is 6.31. The highest BCUT2D eigenvalue weighted by atomic mass is 35.5. The van der Waals surface area contributed by atoms with Gasteiger partial charge in [-0.25, -0.2) is 0 Å².